The minimum atomic E-state index is -2.71. The molecule has 1 unspecified atom stereocenters. The van der Waals surface area contributed by atoms with E-state index in [0.717, 1.165) is 12.8 Å². The van der Waals surface area contributed by atoms with E-state index in [1.807, 2.05) is 0 Å². The van der Waals surface area contributed by atoms with Crippen LogP contribution in [0.4, 0.5) is 0 Å². The van der Waals surface area contributed by atoms with Gasteiger partial charge in [-0.25, -0.2) is 0 Å². The van der Waals surface area contributed by atoms with Crippen molar-refractivity contribution in [2.45, 2.75) is 174 Å². The van der Waals surface area contributed by atoms with Gasteiger partial charge in [0.15, 0.2) is 0 Å². The molecule has 0 heterocycles. The van der Waals surface area contributed by atoms with Crippen LogP contribution < -0.4 is 0 Å². The van der Waals surface area contributed by atoms with Gasteiger partial charge in [-0.3, -0.25) is 4.57 Å². The molecule has 0 aromatic heterocycles. The molecule has 0 bridgehead atoms. The van der Waals surface area contributed by atoms with Gasteiger partial charge < -0.3 is 9.42 Å². The minimum absolute atomic E-state index is 0.438. The Bertz CT molecular complexity index is 363. The maximum absolute atomic E-state index is 10.4. The second kappa shape index (κ2) is 29.2. The molecule has 3 nitrogen and oxygen atoms in total. The number of rotatable bonds is 28. The Labute approximate surface area is 202 Å². The van der Waals surface area contributed by atoms with Gasteiger partial charge in [-0.05, 0) is 6.42 Å². The number of unbranched alkanes of at least 4 members (excludes halogenated alkanes) is 25. The fourth-order valence-electron chi connectivity index (χ4n) is 4.58. The van der Waals surface area contributed by atoms with Gasteiger partial charge in [-0.1, -0.05) is 167 Å². The van der Waals surface area contributed by atoms with Crippen molar-refractivity contribution in [3.63, 3.8) is 0 Å². The summed E-state index contributed by atoms with van der Waals surface area (Å²) in [5, 5.41) is 0. The van der Waals surface area contributed by atoms with Crippen LogP contribution in [0.3, 0.4) is 0 Å². The van der Waals surface area contributed by atoms with E-state index >= 15 is 0 Å². The zero-order valence-electron chi connectivity index (χ0n) is 21.9. The lowest BCUT2D eigenvalue weighted by Crippen LogP contribution is -1.87. The molecule has 1 N–H and O–H groups in total. The van der Waals surface area contributed by atoms with E-state index < -0.39 is 8.25 Å². The van der Waals surface area contributed by atoms with Gasteiger partial charge in [0.05, 0.1) is 6.61 Å². The molecule has 4 heteroatoms. The highest BCUT2D eigenvalue weighted by Gasteiger charge is 1.97. The normalized spacial score (nSPS) is 12.4. The summed E-state index contributed by atoms with van der Waals surface area (Å²) in [5.41, 5.74) is 0. The lowest BCUT2D eigenvalue weighted by Gasteiger charge is -2.04. The molecule has 32 heavy (non-hydrogen) atoms. The lowest BCUT2D eigenvalue weighted by atomic mass is 10.0. The first-order valence-corrected chi connectivity index (χ1v) is 15.9. The molecule has 0 amide bonds. The van der Waals surface area contributed by atoms with Crippen LogP contribution in [-0.2, 0) is 9.09 Å². The van der Waals surface area contributed by atoms with E-state index in [2.05, 4.69) is 6.92 Å². The largest absolute Gasteiger partial charge is 0.326 e. The predicted octanol–water partition coefficient (Wildman–Crippen LogP) is 10.5. The summed E-state index contributed by atoms with van der Waals surface area (Å²) < 4.78 is 15.1. The molecule has 0 aliphatic carbocycles. The molecule has 0 rings (SSSR count). The smallest absolute Gasteiger partial charge is 0.316 e. The Morgan fingerprint density at radius 1 is 0.438 bits per heavy atom. The number of hydrogen-bond acceptors (Lipinski definition) is 2. The van der Waals surface area contributed by atoms with Gasteiger partial charge in [0.1, 0.15) is 0 Å². The van der Waals surface area contributed by atoms with Crippen molar-refractivity contribution in [3.05, 3.63) is 0 Å². The van der Waals surface area contributed by atoms with Gasteiger partial charge in [0, 0.05) is 0 Å². The molecule has 0 aliphatic rings. The van der Waals surface area contributed by atoms with Crippen molar-refractivity contribution in [3.8, 4) is 0 Å². The summed E-state index contributed by atoms with van der Waals surface area (Å²) in [6.07, 6.45) is 36.2. The minimum Gasteiger partial charge on any atom is -0.326 e. The van der Waals surface area contributed by atoms with Crippen molar-refractivity contribution in [1.82, 2.24) is 0 Å². The van der Waals surface area contributed by atoms with E-state index in [0.29, 0.717) is 6.61 Å². The van der Waals surface area contributed by atoms with Crippen molar-refractivity contribution < 1.29 is 14.0 Å². The zero-order chi connectivity index (χ0) is 23.4. The summed E-state index contributed by atoms with van der Waals surface area (Å²) in [6.45, 7) is 2.73. The second-order valence-corrected chi connectivity index (χ2v) is 10.8. The third-order valence-electron chi connectivity index (χ3n) is 6.72. The van der Waals surface area contributed by atoms with Gasteiger partial charge in [0.25, 0.3) is 0 Å². The first kappa shape index (κ1) is 32.1. The molecule has 0 aromatic carbocycles. The van der Waals surface area contributed by atoms with Crippen LogP contribution in [0.25, 0.3) is 0 Å². The van der Waals surface area contributed by atoms with E-state index in [1.54, 1.807) is 0 Å². The Kier molecular flexibility index (Phi) is 29.3. The van der Waals surface area contributed by atoms with Gasteiger partial charge >= 0.3 is 8.25 Å². The Balaban J connectivity index is 3.00. The Morgan fingerprint density at radius 3 is 0.875 bits per heavy atom. The summed E-state index contributed by atoms with van der Waals surface area (Å²) in [4.78, 5) is 8.57. The lowest BCUT2D eigenvalue weighted by molar-refractivity contribution is 0.273. The third-order valence-corrected chi connectivity index (χ3v) is 7.17. The molecule has 0 spiro atoms. The van der Waals surface area contributed by atoms with Crippen LogP contribution in [0, 0.1) is 0 Å². The third kappa shape index (κ3) is 30.1. The molecular formula is C28H59O3P. The van der Waals surface area contributed by atoms with Crippen molar-refractivity contribution in [2.24, 2.45) is 0 Å². The molecule has 0 saturated heterocycles. The van der Waals surface area contributed by atoms with Gasteiger partial charge in [-0.15, -0.1) is 0 Å². The van der Waals surface area contributed by atoms with Crippen molar-refractivity contribution >= 4 is 8.25 Å². The number of hydrogen-bond donors (Lipinski definition) is 1. The summed E-state index contributed by atoms with van der Waals surface area (Å²) in [5.74, 6) is 0. The molecule has 0 aromatic rings. The van der Waals surface area contributed by atoms with Crippen molar-refractivity contribution in [2.75, 3.05) is 6.61 Å². The average Bonchev–Trinajstić information content (AvgIpc) is 2.78. The molecule has 0 aliphatic heterocycles. The van der Waals surface area contributed by atoms with Crippen LogP contribution in [0.1, 0.15) is 174 Å². The van der Waals surface area contributed by atoms with Gasteiger partial charge in [-0.2, -0.15) is 0 Å². The van der Waals surface area contributed by atoms with E-state index in [9.17, 15) is 4.57 Å². The first-order chi connectivity index (χ1) is 15.8. The van der Waals surface area contributed by atoms with Crippen LogP contribution in [0.5, 0.6) is 0 Å². The second-order valence-electron chi connectivity index (χ2n) is 9.95. The fraction of sp³-hybridized carbons (Fsp3) is 1.00. The van der Waals surface area contributed by atoms with Crippen LogP contribution in [-0.4, -0.2) is 11.5 Å². The molecule has 1 atom stereocenters. The van der Waals surface area contributed by atoms with Crippen molar-refractivity contribution in [1.29, 1.82) is 0 Å². The molecule has 0 saturated carbocycles. The molecule has 0 fully saturated rings. The Hall–Kier alpha value is 0.150. The first-order valence-electron chi connectivity index (χ1n) is 14.6. The monoisotopic (exact) mass is 474 g/mol. The average molecular weight is 475 g/mol. The van der Waals surface area contributed by atoms with Crippen LogP contribution in [0.2, 0.25) is 0 Å². The fourth-order valence-corrected chi connectivity index (χ4v) is 4.90. The zero-order valence-corrected chi connectivity index (χ0v) is 22.9. The maximum Gasteiger partial charge on any atom is 0.316 e. The quantitative estimate of drug-likeness (QED) is 0.0905. The van der Waals surface area contributed by atoms with E-state index in [-0.39, 0.29) is 0 Å². The van der Waals surface area contributed by atoms with E-state index in [1.165, 1.54) is 154 Å². The highest BCUT2D eigenvalue weighted by Crippen LogP contribution is 2.17. The summed E-state index contributed by atoms with van der Waals surface area (Å²) in [7, 11) is -2.71. The SMILES string of the molecule is CCCCCCCCCCCCCCCCCCCCCCCCCCCCO[PH](=O)O. The standard InChI is InChI=1S/C28H59O3P/c1-2-3-4-5-6-7-8-9-10-11-12-13-14-15-16-17-18-19-20-21-22-23-24-25-26-27-28-31-32(29)30/h32H,2-28H2,1H3,(H,29,30). The van der Waals surface area contributed by atoms with Gasteiger partial charge in [0.2, 0.25) is 0 Å². The van der Waals surface area contributed by atoms with Crippen LogP contribution in [0.15, 0.2) is 0 Å². The summed E-state index contributed by atoms with van der Waals surface area (Å²) >= 11 is 0. The highest BCUT2D eigenvalue weighted by molar-refractivity contribution is 7.32. The predicted molar refractivity (Wildman–Crippen MR) is 143 cm³/mol. The molecular weight excluding hydrogens is 415 g/mol. The maximum atomic E-state index is 10.4. The molecule has 194 valence electrons. The van der Waals surface area contributed by atoms with E-state index in [4.69, 9.17) is 9.42 Å². The topological polar surface area (TPSA) is 46.5 Å². The molecule has 0 radical (unpaired) electrons. The summed E-state index contributed by atoms with van der Waals surface area (Å²) in [6, 6.07) is 0. The van der Waals surface area contributed by atoms with Crippen LogP contribution >= 0.6 is 8.25 Å². The highest BCUT2D eigenvalue weighted by atomic mass is 31.1. The Morgan fingerprint density at radius 2 is 0.656 bits per heavy atom.